The summed E-state index contributed by atoms with van der Waals surface area (Å²) >= 11 is 5.80. The predicted octanol–water partition coefficient (Wildman–Crippen LogP) is 1.63. The van der Waals surface area contributed by atoms with Crippen molar-refractivity contribution in [3.8, 4) is 0 Å². The van der Waals surface area contributed by atoms with Crippen LogP contribution in [0.4, 0.5) is 10.2 Å². The van der Waals surface area contributed by atoms with Gasteiger partial charge in [-0.3, -0.25) is 4.79 Å². The number of carbonyl (C=O) groups is 1. The van der Waals surface area contributed by atoms with Crippen molar-refractivity contribution in [1.29, 1.82) is 0 Å². The number of nitrogens with zero attached hydrogens (tertiary/aromatic N) is 4. The smallest absolute Gasteiger partial charge is 0.255 e. The lowest BCUT2D eigenvalue weighted by molar-refractivity contribution is -0.158. The summed E-state index contributed by atoms with van der Waals surface area (Å²) in [5.74, 6) is -0.121. The molecule has 2 atom stereocenters. The fourth-order valence-electron chi connectivity index (χ4n) is 5.03. The highest BCUT2D eigenvalue weighted by atomic mass is 35.5. The number of ether oxygens (including phenoxy) is 1. The molecule has 0 N–H and O–H groups in total. The molecule has 0 aromatic carbocycles. The average molecular weight is 353 g/mol. The lowest BCUT2D eigenvalue weighted by atomic mass is 9.63. The van der Waals surface area contributed by atoms with E-state index < -0.39 is 11.4 Å². The van der Waals surface area contributed by atoms with Crippen molar-refractivity contribution in [2.45, 2.75) is 43.9 Å². The number of carbonyl (C=O) groups excluding carboxylic acids is 1. The number of hydrogen-bond acceptors (Lipinski definition) is 5. The minimum absolute atomic E-state index is 0.0362. The van der Waals surface area contributed by atoms with Crippen molar-refractivity contribution >= 4 is 23.3 Å². The summed E-state index contributed by atoms with van der Waals surface area (Å²) in [5, 5.41) is 0.0362. The first kappa shape index (κ1) is 14.8. The van der Waals surface area contributed by atoms with E-state index in [0.29, 0.717) is 19.7 Å². The van der Waals surface area contributed by atoms with Gasteiger partial charge < -0.3 is 14.5 Å². The second kappa shape index (κ2) is 4.58. The van der Waals surface area contributed by atoms with E-state index in [9.17, 15) is 9.18 Å². The molecule has 0 spiro atoms. The van der Waals surface area contributed by atoms with Crippen LogP contribution in [0.2, 0.25) is 5.28 Å². The van der Waals surface area contributed by atoms with Gasteiger partial charge in [-0.15, -0.1) is 0 Å². The predicted molar refractivity (Wildman–Crippen MR) is 84.3 cm³/mol. The molecule has 1 amide bonds. The molecule has 0 radical (unpaired) electrons. The fraction of sp³-hybridized carbons (Fsp3) is 0.688. The molecule has 5 aliphatic rings. The number of halogens is 2. The molecule has 1 aromatic heterocycles. The third-order valence-electron chi connectivity index (χ3n) is 5.98. The van der Waals surface area contributed by atoms with Crippen molar-refractivity contribution in [1.82, 2.24) is 14.9 Å². The monoisotopic (exact) mass is 352 g/mol. The van der Waals surface area contributed by atoms with Crippen LogP contribution in [0.3, 0.4) is 0 Å². The maximum atomic E-state index is 14.0. The highest BCUT2D eigenvalue weighted by molar-refractivity contribution is 6.28. The van der Waals surface area contributed by atoms with Crippen LogP contribution in [0.25, 0.3) is 0 Å². The topological polar surface area (TPSA) is 58.6 Å². The molecule has 8 heteroatoms. The Labute approximate surface area is 143 Å². The van der Waals surface area contributed by atoms with Crippen LogP contribution in [-0.2, 0) is 9.53 Å². The van der Waals surface area contributed by atoms with Gasteiger partial charge in [0.2, 0.25) is 5.28 Å². The second-order valence-electron chi connectivity index (χ2n) is 7.91. The Morgan fingerprint density at radius 2 is 2.21 bits per heavy atom. The molecule has 1 aromatic rings. The Morgan fingerprint density at radius 3 is 2.83 bits per heavy atom. The van der Waals surface area contributed by atoms with Crippen molar-refractivity contribution in [3.05, 3.63) is 17.3 Å². The van der Waals surface area contributed by atoms with Gasteiger partial charge in [-0.05, 0) is 36.3 Å². The fourth-order valence-corrected chi connectivity index (χ4v) is 5.16. The van der Waals surface area contributed by atoms with Gasteiger partial charge in [-0.1, -0.05) is 6.92 Å². The van der Waals surface area contributed by atoms with Gasteiger partial charge in [0, 0.05) is 13.1 Å². The third kappa shape index (κ3) is 1.88. The van der Waals surface area contributed by atoms with Gasteiger partial charge >= 0.3 is 0 Å². The van der Waals surface area contributed by atoms with E-state index in [1.54, 1.807) is 0 Å². The maximum absolute atomic E-state index is 14.0. The zero-order valence-corrected chi connectivity index (χ0v) is 14.1. The second-order valence-corrected chi connectivity index (χ2v) is 8.25. The summed E-state index contributed by atoms with van der Waals surface area (Å²) < 4.78 is 19.9. The summed E-state index contributed by atoms with van der Waals surface area (Å²) in [7, 11) is 0. The molecule has 5 heterocycles. The minimum atomic E-state index is -0.590. The summed E-state index contributed by atoms with van der Waals surface area (Å²) in [4.78, 5) is 24.5. The van der Waals surface area contributed by atoms with Crippen molar-refractivity contribution in [2.24, 2.45) is 5.41 Å². The SMILES string of the molecule is CC12COC(C(=O)N3C[C@@H]4C[C@H]3CN4c3nc(Cl)ncc3F)(C1)C2. The highest BCUT2D eigenvalue weighted by Gasteiger charge is 2.66. The normalized spacial score (nSPS) is 39.5. The van der Waals surface area contributed by atoms with Gasteiger partial charge in [0.25, 0.3) is 5.91 Å². The number of piperazine rings is 1. The van der Waals surface area contributed by atoms with Gasteiger partial charge in [0.15, 0.2) is 11.6 Å². The molecule has 4 aliphatic heterocycles. The molecule has 0 unspecified atom stereocenters. The summed E-state index contributed by atoms with van der Waals surface area (Å²) in [5.41, 5.74) is -0.408. The average Bonchev–Trinajstić information content (AvgIpc) is 3.26. The van der Waals surface area contributed by atoms with Gasteiger partial charge in [-0.25, -0.2) is 9.37 Å². The molecule has 1 aliphatic carbocycles. The molecule has 6 rings (SSSR count). The summed E-state index contributed by atoms with van der Waals surface area (Å²) in [6, 6.07) is 0.157. The number of hydrogen-bond donors (Lipinski definition) is 0. The largest absolute Gasteiger partial charge is 0.365 e. The van der Waals surface area contributed by atoms with Crippen LogP contribution in [0.1, 0.15) is 26.2 Å². The van der Waals surface area contributed by atoms with E-state index in [2.05, 4.69) is 16.9 Å². The quantitative estimate of drug-likeness (QED) is 0.757. The highest BCUT2D eigenvalue weighted by Crippen LogP contribution is 2.58. The number of anilines is 1. The molecule has 24 heavy (non-hydrogen) atoms. The van der Waals surface area contributed by atoms with Crippen LogP contribution < -0.4 is 4.90 Å². The number of rotatable bonds is 2. The Hall–Kier alpha value is -1.47. The van der Waals surface area contributed by atoms with Crippen LogP contribution in [0, 0.1) is 11.2 Å². The minimum Gasteiger partial charge on any atom is -0.365 e. The van der Waals surface area contributed by atoms with Crippen LogP contribution in [0.15, 0.2) is 6.20 Å². The molecule has 5 fully saturated rings. The number of aromatic nitrogens is 2. The van der Waals surface area contributed by atoms with Gasteiger partial charge in [0.1, 0.15) is 5.60 Å². The molecular weight excluding hydrogens is 335 g/mol. The Balaban J connectivity index is 1.34. The van der Waals surface area contributed by atoms with Crippen molar-refractivity contribution in [2.75, 3.05) is 24.6 Å². The Bertz CT molecular complexity index is 739. The van der Waals surface area contributed by atoms with E-state index in [1.165, 1.54) is 0 Å². The summed E-state index contributed by atoms with van der Waals surface area (Å²) in [6.45, 7) is 4.02. The lowest BCUT2D eigenvalue weighted by Gasteiger charge is -2.45. The van der Waals surface area contributed by atoms with E-state index in [0.717, 1.165) is 25.5 Å². The van der Waals surface area contributed by atoms with E-state index in [1.807, 2.05) is 9.80 Å². The van der Waals surface area contributed by atoms with Gasteiger partial charge in [0.05, 0.1) is 24.9 Å². The molecule has 6 nitrogen and oxygen atoms in total. The first-order valence-corrected chi connectivity index (χ1v) is 8.67. The first-order chi connectivity index (χ1) is 11.4. The van der Waals surface area contributed by atoms with Crippen molar-refractivity contribution in [3.63, 3.8) is 0 Å². The first-order valence-electron chi connectivity index (χ1n) is 8.29. The number of amides is 1. The Kier molecular flexibility index (Phi) is 2.83. The van der Waals surface area contributed by atoms with Crippen molar-refractivity contribution < 1.29 is 13.9 Å². The molecule has 4 saturated heterocycles. The van der Waals surface area contributed by atoms with E-state index in [4.69, 9.17) is 16.3 Å². The standard InChI is InChI=1S/C16H18ClFN4O2/c1-15-6-16(7-15,24-8-15)13(23)22-5-9-2-10(22)4-21(9)12-11(18)3-19-14(17)20-12/h3,9-10H,2,4-8H2,1H3/t9-,10-,15?,16?/m0/s1. The zero-order chi connectivity index (χ0) is 16.7. The molecule has 4 bridgehead atoms. The number of fused-ring (bicyclic) bond motifs is 3. The van der Waals surface area contributed by atoms with Gasteiger partial charge in [-0.2, -0.15) is 4.98 Å². The molecular formula is C16H18ClFN4O2. The third-order valence-corrected chi connectivity index (χ3v) is 6.16. The molecule has 128 valence electrons. The van der Waals surface area contributed by atoms with Crippen LogP contribution in [-0.4, -0.2) is 58.2 Å². The maximum Gasteiger partial charge on any atom is 0.255 e. The van der Waals surface area contributed by atoms with Crippen LogP contribution >= 0.6 is 11.6 Å². The Morgan fingerprint density at radius 1 is 1.42 bits per heavy atom. The van der Waals surface area contributed by atoms with Crippen LogP contribution in [0.5, 0.6) is 0 Å². The number of likely N-dealkylation sites (tertiary alicyclic amines) is 1. The zero-order valence-electron chi connectivity index (χ0n) is 13.3. The summed E-state index contributed by atoms with van der Waals surface area (Å²) in [6.07, 6.45) is 3.58. The van der Waals surface area contributed by atoms with E-state index in [-0.39, 0.29) is 34.5 Å². The molecule has 1 saturated carbocycles. The van der Waals surface area contributed by atoms with E-state index >= 15 is 0 Å². The lowest BCUT2D eigenvalue weighted by Crippen LogP contribution is -2.59.